The molecule has 0 fully saturated rings. The summed E-state index contributed by atoms with van der Waals surface area (Å²) in [5.41, 5.74) is 1.92. The van der Waals surface area contributed by atoms with Crippen molar-refractivity contribution in [1.82, 2.24) is 9.62 Å². The number of amides is 1. The van der Waals surface area contributed by atoms with Gasteiger partial charge in [0.15, 0.2) is 0 Å². The topological polar surface area (TPSA) is 66.5 Å². The molecule has 0 bridgehead atoms. The first-order chi connectivity index (χ1) is 11.8. The number of benzene rings is 2. The molecule has 7 heteroatoms. The average Bonchev–Trinajstić information content (AvgIpc) is 2.56. The summed E-state index contributed by atoms with van der Waals surface area (Å²) in [6.07, 6.45) is 0. The van der Waals surface area contributed by atoms with Crippen LogP contribution in [-0.4, -0.2) is 32.3 Å². The standard InChI is InChI=1S/C18H21ClN2O3S/c1-14-3-9-18(10-4-14)25(23,24)20-11-12-21(15(2)22)13-16-5-7-17(19)8-6-16/h3-10,20H,11-13H2,1-2H3. The first-order valence-electron chi connectivity index (χ1n) is 7.84. The average molecular weight is 381 g/mol. The van der Waals surface area contributed by atoms with Crippen molar-refractivity contribution in [2.24, 2.45) is 0 Å². The fourth-order valence-corrected chi connectivity index (χ4v) is 3.42. The van der Waals surface area contributed by atoms with Gasteiger partial charge in [0.2, 0.25) is 15.9 Å². The summed E-state index contributed by atoms with van der Waals surface area (Å²) in [6, 6.07) is 13.8. The van der Waals surface area contributed by atoms with Crippen LogP contribution < -0.4 is 4.72 Å². The molecule has 134 valence electrons. The predicted octanol–water partition coefficient (Wildman–Crippen LogP) is 2.98. The van der Waals surface area contributed by atoms with Gasteiger partial charge in [-0.2, -0.15) is 0 Å². The van der Waals surface area contributed by atoms with Gasteiger partial charge in [-0.1, -0.05) is 41.4 Å². The van der Waals surface area contributed by atoms with E-state index in [1.165, 1.54) is 6.92 Å². The molecule has 1 amide bonds. The molecule has 0 aliphatic rings. The summed E-state index contributed by atoms with van der Waals surface area (Å²) in [6.45, 7) is 4.18. The minimum absolute atomic E-state index is 0.121. The van der Waals surface area contributed by atoms with E-state index in [0.717, 1.165) is 11.1 Å². The fraction of sp³-hybridized carbons (Fsp3) is 0.278. The second kappa shape index (κ2) is 8.47. The quantitative estimate of drug-likeness (QED) is 0.803. The van der Waals surface area contributed by atoms with Crippen molar-refractivity contribution in [3.8, 4) is 0 Å². The molecule has 0 unspecified atom stereocenters. The third kappa shape index (κ3) is 5.85. The summed E-state index contributed by atoms with van der Waals surface area (Å²) in [5, 5.41) is 0.629. The number of nitrogens with zero attached hydrogens (tertiary/aromatic N) is 1. The van der Waals surface area contributed by atoms with Crippen LogP contribution in [0.25, 0.3) is 0 Å². The minimum atomic E-state index is -3.58. The predicted molar refractivity (Wildman–Crippen MR) is 98.9 cm³/mol. The molecule has 0 atom stereocenters. The van der Waals surface area contributed by atoms with E-state index in [4.69, 9.17) is 11.6 Å². The molecule has 0 aliphatic carbocycles. The lowest BCUT2D eigenvalue weighted by molar-refractivity contribution is -0.129. The van der Waals surface area contributed by atoms with Gasteiger partial charge in [0.25, 0.3) is 0 Å². The number of rotatable bonds is 7. The van der Waals surface area contributed by atoms with Gasteiger partial charge >= 0.3 is 0 Å². The molecular formula is C18H21ClN2O3S. The van der Waals surface area contributed by atoms with Gasteiger partial charge in [-0.15, -0.1) is 0 Å². The molecule has 0 saturated heterocycles. The zero-order valence-electron chi connectivity index (χ0n) is 14.2. The number of hydrogen-bond acceptors (Lipinski definition) is 3. The molecule has 0 aromatic heterocycles. The first kappa shape index (κ1) is 19.4. The van der Waals surface area contributed by atoms with E-state index in [1.807, 2.05) is 19.1 Å². The smallest absolute Gasteiger partial charge is 0.240 e. The largest absolute Gasteiger partial charge is 0.337 e. The molecule has 1 N–H and O–H groups in total. The number of halogens is 1. The van der Waals surface area contributed by atoms with Crippen LogP contribution in [0.5, 0.6) is 0 Å². The van der Waals surface area contributed by atoms with Gasteiger partial charge in [0.1, 0.15) is 0 Å². The Labute approximate surface area is 153 Å². The van der Waals surface area contributed by atoms with Gasteiger partial charge in [-0.25, -0.2) is 13.1 Å². The molecule has 2 aromatic rings. The van der Waals surface area contributed by atoms with E-state index >= 15 is 0 Å². The fourth-order valence-electron chi connectivity index (χ4n) is 2.27. The second-order valence-electron chi connectivity index (χ2n) is 5.78. The molecule has 0 aliphatic heterocycles. The molecule has 2 aromatic carbocycles. The van der Waals surface area contributed by atoms with Crippen LogP contribution in [0.15, 0.2) is 53.4 Å². The third-order valence-corrected chi connectivity index (χ3v) is 5.47. The summed E-state index contributed by atoms with van der Waals surface area (Å²) >= 11 is 5.86. The zero-order valence-corrected chi connectivity index (χ0v) is 15.8. The summed E-state index contributed by atoms with van der Waals surface area (Å²) in [4.78, 5) is 13.6. The van der Waals surface area contributed by atoms with Crippen LogP contribution in [0.2, 0.25) is 5.02 Å². The minimum Gasteiger partial charge on any atom is -0.337 e. The number of aryl methyl sites for hydroxylation is 1. The van der Waals surface area contributed by atoms with Crippen LogP contribution in [0.4, 0.5) is 0 Å². The van der Waals surface area contributed by atoms with E-state index in [-0.39, 0.29) is 23.9 Å². The summed E-state index contributed by atoms with van der Waals surface area (Å²) in [7, 11) is -3.58. The maximum Gasteiger partial charge on any atom is 0.240 e. The van der Waals surface area contributed by atoms with Gasteiger partial charge in [0.05, 0.1) is 4.90 Å². The molecule has 0 radical (unpaired) electrons. The normalized spacial score (nSPS) is 11.3. The lowest BCUT2D eigenvalue weighted by atomic mass is 10.2. The Morgan fingerprint density at radius 1 is 1.08 bits per heavy atom. The highest BCUT2D eigenvalue weighted by atomic mass is 35.5. The van der Waals surface area contributed by atoms with Crippen LogP contribution in [0.1, 0.15) is 18.1 Å². The molecule has 0 heterocycles. The van der Waals surface area contributed by atoms with Crippen molar-refractivity contribution >= 4 is 27.5 Å². The second-order valence-corrected chi connectivity index (χ2v) is 7.98. The Bertz CT molecular complexity index is 818. The Balaban J connectivity index is 1.95. The number of sulfonamides is 1. The zero-order chi connectivity index (χ0) is 18.4. The van der Waals surface area contributed by atoms with E-state index < -0.39 is 10.0 Å². The number of nitrogens with one attached hydrogen (secondary N) is 1. The van der Waals surface area contributed by atoms with Crippen LogP contribution >= 0.6 is 11.6 Å². The molecule has 2 rings (SSSR count). The van der Waals surface area contributed by atoms with Crippen LogP contribution in [-0.2, 0) is 21.4 Å². The van der Waals surface area contributed by atoms with Crippen molar-refractivity contribution in [2.75, 3.05) is 13.1 Å². The van der Waals surface area contributed by atoms with E-state index in [0.29, 0.717) is 11.6 Å². The first-order valence-corrected chi connectivity index (χ1v) is 9.70. The molecule has 25 heavy (non-hydrogen) atoms. The number of carbonyl (C=O) groups is 1. The van der Waals surface area contributed by atoms with Crippen molar-refractivity contribution in [2.45, 2.75) is 25.3 Å². The molecule has 0 saturated carbocycles. The summed E-state index contributed by atoms with van der Waals surface area (Å²) in [5.74, 6) is -0.121. The maximum absolute atomic E-state index is 12.3. The monoisotopic (exact) mass is 380 g/mol. The Morgan fingerprint density at radius 2 is 1.68 bits per heavy atom. The molecule has 5 nitrogen and oxygen atoms in total. The highest BCUT2D eigenvalue weighted by molar-refractivity contribution is 7.89. The van der Waals surface area contributed by atoms with Crippen molar-refractivity contribution < 1.29 is 13.2 Å². The highest BCUT2D eigenvalue weighted by Crippen LogP contribution is 2.12. The SMILES string of the molecule is CC(=O)N(CCNS(=O)(=O)c1ccc(C)cc1)Cc1ccc(Cl)cc1. The number of hydrogen-bond donors (Lipinski definition) is 1. The lowest BCUT2D eigenvalue weighted by Gasteiger charge is -2.21. The summed E-state index contributed by atoms with van der Waals surface area (Å²) < 4.78 is 27.1. The Kier molecular flexibility index (Phi) is 6.58. The van der Waals surface area contributed by atoms with Gasteiger partial charge < -0.3 is 4.90 Å². The van der Waals surface area contributed by atoms with E-state index in [2.05, 4.69) is 4.72 Å². The van der Waals surface area contributed by atoms with Crippen molar-refractivity contribution in [1.29, 1.82) is 0 Å². The molecular weight excluding hydrogens is 360 g/mol. The van der Waals surface area contributed by atoms with Gasteiger partial charge in [-0.3, -0.25) is 4.79 Å². The van der Waals surface area contributed by atoms with Crippen LogP contribution in [0, 0.1) is 6.92 Å². The maximum atomic E-state index is 12.3. The van der Waals surface area contributed by atoms with Gasteiger partial charge in [-0.05, 0) is 36.8 Å². The van der Waals surface area contributed by atoms with E-state index in [9.17, 15) is 13.2 Å². The van der Waals surface area contributed by atoms with Crippen LogP contribution in [0.3, 0.4) is 0 Å². The van der Waals surface area contributed by atoms with Crippen molar-refractivity contribution in [3.63, 3.8) is 0 Å². The Morgan fingerprint density at radius 3 is 2.24 bits per heavy atom. The van der Waals surface area contributed by atoms with E-state index in [1.54, 1.807) is 41.3 Å². The number of carbonyl (C=O) groups excluding carboxylic acids is 1. The van der Waals surface area contributed by atoms with Crippen molar-refractivity contribution in [3.05, 3.63) is 64.7 Å². The lowest BCUT2D eigenvalue weighted by Crippen LogP contribution is -2.37. The third-order valence-electron chi connectivity index (χ3n) is 3.74. The molecule has 0 spiro atoms. The Hall–Kier alpha value is -1.89. The highest BCUT2D eigenvalue weighted by Gasteiger charge is 2.15. The van der Waals surface area contributed by atoms with Gasteiger partial charge in [0, 0.05) is 31.6 Å².